The van der Waals surface area contributed by atoms with Gasteiger partial charge in [-0.05, 0) is 25.4 Å². The van der Waals surface area contributed by atoms with Crippen molar-refractivity contribution in [3.8, 4) is 0 Å². The Morgan fingerprint density at radius 1 is 1.80 bits per heavy atom. The minimum atomic E-state index is -0.452. The fourth-order valence-corrected chi connectivity index (χ4v) is 1.57. The van der Waals surface area contributed by atoms with Gasteiger partial charge in [0.25, 0.3) is 0 Å². The Kier molecular flexibility index (Phi) is 4.64. The van der Waals surface area contributed by atoms with E-state index in [4.69, 9.17) is 5.73 Å². The highest BCUT2D eigenvalue weighted by Gasteiger charge is 2.14. The number of nitrogens with one attached hydrogen (secondary N) is 2. The molecule has 6 heteroatoms. The fourth-order valence-electron chi connectivity index (χ4n) is 1.08. The number of aromatic amines is 1. The normalized spacial score (nSPS) is 12.5. The van der Waals surface area contributed by atoms with Gasteiger partial charge in [0, 0.05) is 0 Å². The van der Waals surface area contributed by atoms with Gasteiger partial charge in [-0.15, -0.1) is 0 Å². The summed E-state index contributed by atoms with van der Waals surface area (Å²) < 4.78 is 0. The Labute approximate surface area is 93.2 Å². The minimum Gasteiger partial charge on any atom is -0.322 e. The van der Waals surface area contributed by atoms with Crippen molar-refractivity contribution < 1.29 is 4.79 Å². The summed E-state index contributed by atoms with van der Waals surface area (Å²) in [5.74, 6) is 0.729. The largest absolute Gasteiger partial charge is 0.322 e. The SMILES string of the molecule is CSCC[C@H](N)C(=O)Nc1cn[nH]c1C. The van der Waals surface area contributed by atoms with Gasteiger partial charge in [0.15, 0.2) is 0 Å². The molecule has 0 aromatic carbocycles. The molecule has 1 amide bonds. The first-order valence-corrected chi connectivity index (χ1v) is 6.10. The van der Waals surface area contributed by atoms with E-state index in [-0.39, 0.29) is 5.91 Å². The molecule has 0 saturated carbocycles. The monoisotopic (exact) mass is 228 g/mol. The topological polar surface area (TPSA) is 83.8 Å². The summed E-state index contributed by atoms with van der Waals surface area (Å²) in [5, 5.41) is 9.29. The van der Waals surface area contributed by atoms with Crippen LogP contribution in [0.3, 0.4) is 0 Å². The van der Waals surface area contributed by atoms with Crippen LogP contribution in [0.25, 0.3) is 0 Å². The Morgan fingerprint density at radius 2 is 2.53 bits per heavy atom. The van der Waals surface area contributed by atoms with Crippen LogP contribution in [0.5, 0.6) is 0 Å². The predicted octanol–water partition coefficient (Wildman–Crippen LogP) is 0.737. The van der Waals surface area contributed by atoms with Crippen molar-refractivity contribution in [1.29, 1.82) is 0 Å². The maximum atomic E-state index is 11.6. The Hall–Kier alpha value is -1.01. The van der Waals surface area contributed by atoms with E-state index in [1.165, 1.54) is 0 Å². The number of nitrogens with two attached hydrogens (primary N) is 1. The lowest BCUT2D eigenvalue weighted by Gasteiger charge is -2.10. The lowest BCUT2D eigenvalue weighted by molar-refractivity contribution is -0.117. The zero-order valence-electron chi connectivity index (χ0n) is 8.91. The molecule has 1 rings (SSSR count). The number of thioether (sulfide) groups is 1. The summed E-state index contributed by atoms with van der Waals surface area (Å²) in [5.41, 5.74) is 7.24. The highest BCUT2D eigenvalue weighted by molar-refractivity contribution is 7.98. The van der Waals surface area contributed by atoms with E-state index in [1.54, 1.807) is 18.0 Å². The van der Waals surface area contributed by atoms with Crippen LogP contribution in [0.15, 0.2) is 6.20 Å². The van der Waals surface area contributed by atoms with E-state index in [2.05, 4.69) is 15.5 Å². The van der Waals surface area contributed by atoms with E-state index in [0.29, 0.717) is 12.1 Å². The number of H-pyrrole nitrogens is 1. The van der Waals surface area contributed by atoms with Gasteiger partial charge in [-0.2, -0.15) is 16.9 Å². The van der Waals surface area contributed by atoms with Crippen molar-refractivity contribution in [2.24, 2.45) is 5.73 Å². The average Bonchev–Trinajstić information content (AvgIpc) is 2.61. The maximum absolute atomic E-state index is 11.6. The maximum Gasteiger partial charge on any atom is 0.241 e. The number of aryl methyl sites for hydroxylation is 1. The molecule has 1 aromatic rings. The van der Waals surface area contributed by atoms with Crippen molar-refractivity contribution in [2.75, 3.05) is 17.3 Å². The van der Waals surface area contributed by atoms with Gasteiger partial charge in [0.1, 0.15) is 0 Å². The molecule has 0 aliphatic carbocycles. The molecule has 15 heavy (non-hydrogen) atoms. The Balaban J connectivity index is 2.45. The second-order valence-corrected chi connectivity index (χ2v) is 4.27. The molecular weight excluding hydrogens is 212 g/mol. The quantitative estimate of drug-likeness (QED) is 0.694. The molecule has 0 spiro atoms. The third-order valence-electron chi connectivity index (χ3n) is 2.06. The van der Waals surface area contributed by atoms with Crippen molar-refractivity contribution >= 4 is 23.4 Å². The predicted molar refractivity (Wildman–Crippen MR) is 62.9 cm³/mol. The van der Waals surface area contributed by atoms with Crippen LogP contribution in [0.4, 0.5) is 5.69 Å². The van der Waals surface area contributed by atoms with E-state index >= 15 is 0 Å². The van der Waals surface area contributed by atoms with E-state index in [0.717, 1.165) is 11.4 Å². The van der Waals surface area contributed by atoms with Gasteiger partial charge in [-0.3, -0.25) is 9.89 Å². The molecule has 4 N–H and O–H groups in total. The van der Waals surface area contributed by atoms with Gasteiger partial charge >= 0.3 is 0 Å². The fraction of sp³-hybridized carbons (Fsp3) is 0.556. The first kappa shape index (κ1) is 12.1. The Bertz CT molecular complexity index is 326. The number of nitrogens with zero attached hydrogens (tertiary/aromatic N) is 1. The molecule has 0 unspecified atom stereocenters. The number of hydrogen-bond donors (Lipinski definition) is 3. The third-order valence-corrected chi connectivity index (χ3v) is 2.70. The van der Waals surface area contributed by atoms with Gasteiger partial charge < -0.3 is 11.1 Å². The zero-order valence-corrected chi connectivity index (χ0v) is 9.73. The summed E-state index contributed by atoms with van der Waals surface area (Å²) in [7, 11) is 0. The molecule has 0 fully saturated rings. The number of hydrogen-bond acceptors (Lipinski definition) is 4. The molecular formula is C9H16N4OS. The van der Waals surface area contributed by atoms with E-state index < -0.39 is 6.04 Å². The Morgan fingerprint density at radius 3 is 3.07 bits per heavy atom. The van der Waals surface area contributed by atoms with Crippen LogP contribution in [-0.2, 0) is 4.79 Å². The smallest absolute Gasteiger partial charge is 0.241 e. The second kappa shape index (κ2) is 5.77. The first-order chi connectivity index (χ1) is 7.15. The molecule has 1 heterocycles. The number of aromatic nitrogens is 2. The van der Waals surface area contributed by atoms with Crippen LogP contribution in [0, 0.1) is 6.92 Å². The number of carbonyl (C=O) groups excluding carboxylic acids is 1. The number of amides is 1. The van der Waals surface area contributed by atoms with Crippen molar-refractivity contribution in [1.82, 2.24) is 10.2 Å². The van der Waals surface area contributed by atoms with Gasteiger partial charge in [0.2, 0.25) is 5.91 Å². The number of anilines is 1. The molecule has 1 aromatic heterocycles. The van der Waals surface area contributed by atoms with Crippen molar-refractivity contribution in [3.05, 3.63) is 11.9 Å². The second-order valence-electron chi connectivity index (χ2n) is 3.29. The van der Waals surface area contributed by atoms with Crippen LogP contribution in [0.2, 0.25) is 0 Å². The number of rotatable bonds is 5. The lowest BCUT2D eigenvalue weighted by Crippen LogP contribution is -2.36. The van der Waals surface area contributed by atoms with E-state index in [9.17, 15) is 4.79 Å². The van der Waals surface area contributed by atoms with Crippen LogP contribution in [-0.4, -0.2) is 34.2 Å². The molecule has 5 nitrogen and oxygen atoms in total. The summed E-state index contributed by atoms with van der Waals surface area (Å²) in [6.07, 6.45) is 4.25. The van der Waals surface area contributed by atoms with Gasteiger partial charge in [0.05, 0.1) is 23.6 Å². The summed E-state index contributed by atoms with van der Waals surface area (Å²) in [4.78, 5) is 11.6. The first-order valence-electron chi connectivity index (χ1n) is 4.70. The van der Waals surface area contributed by atoms with Gasteiger partial charge in [-0.1, -0.05) is 0 Å². The van der Waals surface area contributed by atoms with Crippen LogP contribution >= 0.6 is 11.8 Å². The molecule has 0 radical (unpaired) electrons. The summed E-state index contributed by atoms with van der Waals surface area (Å²) >= 11 is 1.68. The molecule has 0 bridgehead atoms. The lowest BCUT2D eigenvalue weighted by atomic mass is 10.2. The van der Waals surface area contributed by atoms with Crippen molar-refractivity contribution in [3.63, 3.8) is 0 Å². The summed E-state index contributed by atoms with van der Waals surface area (Å²) in [6.45, 7) is 1.84. The molecule has 0 aliphatic heterocycles. The molecule has 1 atom stereocenters. The molecule has 0 saturated heterocycles. The standard InChI is InChI=1S/C9H16N4OS/c1-6-8(5-11-13-6)12-9(14)7(10)3-4-15-2/h5,7H,3-4,10H2,1-2H3,(H,11,13)(H,12,14)/t7-/m0/s1. The minimum absolute atomic E-state index is 0.159. The summed E-state index contributed by atoms with van der Waals surface area (Å²) in [6, 6.07) is -0.452. The highest BCUT2D eigenvalue weighted by Crippen LogP contribution is 2.10. The molecule has 84 valence electrons. The average molecular weight is 228 g/mol. The highest BCUT2D eigenvalue weighted by atomic mass is 32.2. The zero-order chi connectivity index (χ0) is 11.3. The number of carbonyl (C=O) groups is 1. The van der Waals surface area contributed by atoms with Crippen LogP contribution < -0.4 is 11.1 Å². The van der Waals surface area contributed by atoms with Crippen LogP contribution in [0.1, 0.15) is 12.1 Å². The van der Waals surface area contributed by atoms with Crippen molar-refractivity contribution in [2.45, 2.75) is 19.4 Å². The van der Waals surface area contributed by atoms with E-state index in [1.807, 2.05) is 13.2 Å². The van der Waals surface area contributed by atoms with Gasteiger partial charge in [-0.25, -0.2) is 0 Å². The molecule has 0 aliphatic rings. The third kappa shape index (κ3) is 3.56.